The molecule has 1 aliphatic rings. The number of carbonyl (C=O) groups is 1. The molecule has 0 aliphatic carbocycles. The van der Waals surface area contributed by atoms with Crippen molar-refractivity contribution < 1.29 is 9.32 Å². The van der Waals surface area contributed by atoms with E-state index in [2.05, 4.69) is 56.4 Å². The van der Waals surface area contributed by atoms with Crippen LogP contribution < -0.4 is 15.1 Å². The topological polar surface area (TPSA) is 74.5 Å². The number of pyridine rings is 1. The van der Waals surface area contributed by atoms with Crippen LogP contribution in [-0.4, -0.2) is 42.2 Å². The van der Waals surface area contributed by atoms with Crippen LogP contribution in [0.2, 0.25) is 0 Å². The first-order valence-corrected chi connectivity index (χ1v) is 9.36. The van der Waals surface area contributed by atoms with Gasteiger partial charge in [-0.25, -0.2) is 4.98 Å². The maximum Gasteiger partial charge on any atom is 0.258 e. The highest BCUT2D eigenvalue weighted by atomic mass is 16.5. The summed E-state index contributed by atoms with van der Waals surface area (Å²) in [6.07, 6.45) is 1.60. The van der Waals surface area contributed by atoms with Gasteiger partial charge in [0.25, 0.3) is 5.91 Å². The van der Waals surface area contributed by atoms with Crippen LogP contribution in [0.4, 0.5) is 17.3 Å². The summed E-state index contributed by atoms with van der Waals surface area (Å²) in [6, 6.07) is 14.0. The van der Waals surface area contributed by atoms with E-state index in [0.29, 0.717) is 17.1 Å². The first-order chi connectivity index (χ1) is 13.6. The van der Waals surface area contributed by atoms with E-state index >= 15 is 0 Å². The predicted octanol–water partition coefficient (Wildman–Crippen LogP) is 3.27. The highest BCUT2D eigenvalue weighted by Crippen LogP contribution is 2.20. The lowest BCUT2D eigenvalue weighted by atomic mass is 10.2. The van der Waals surface area contributed by atoms with Crippen molar-refractivity contribution in [1.29, 1.82) is 0 Å². The molecule has 1 aliphatic heterocycles. The maximum absolute atomic E-state index is 12.3. The summed E-state index contributed by atoms with van der Waals surface area (Å²) >= 11 is 0. The summed E-state index contributed by atoms with van der Waals surface area (Å²) in [6.45, 7) is 7.57. The fraction of sp³-hybridized carbons (Fsp3) is 0.286. The highest BCUT2D eigenvalue weighted by molar-refractivity contribution is 6.03. The molecule has 4 rings (SSSR count). The molecule has 1 N–H and O–H groups in total. The molecule has 1 amide bonds. The smallest absolute Gasteiger partial charge is 0.258 e. The van der Waals surface area contributed by atoms with E-state index in [4.69, 9.17) is 4.52 Å². The third kappa shape index (κ3) is 3.98. The lowest BCUT2D eigenvalue weighted by molar-refractivity contribution is 0.102. The summed E-state index contributed by atoms with van der Waals surface area (Å²) in [4.78, 5) is 21.4. The van der Waals surface area contributed by atoms with Crippen LogP contribution in [0.3, 0.4) is 0 Å². The summed E-state index contributed by atoms with van der Waals surface area (Å²) < 4.78 is 4.96. The van der Waals surface area contributed by atoms with Crippen molar-refractivity contribution in [2.75, 3.05) is 41.3 Å². The average Bonchev–Trinajstić information content (AvgIpc) is 3.13. The summed E-state index contributed by atoms with van der Waals surface area (Å²) in [5.41, 5.74) is 3.03. The van der Waals surface area contributed by atoms with Gasteiger partial charge in [0.2, 0.25) is 0 Å². The molecule has 0 spiro atoms. The van der Waals surface area contributed by atoms with Crippen LogP contribution in [0.5, 0.6) is 0 Å². The Hall–Kier alpha value is -3.35. The van der Waals surface area contributed by atoms with Crippen molar-refractivity contribution in [3.05, 3.63) is 65.5 Å². The van der Waals surface area contributed by atoms with E-state index in [1.807, 2.05) is 6.07 Å². The molecule has 0 unspecified atom stereocenters. The van der Waals surface area contributed by atoms with Crippen molar-refractivity contribution in [3.8, 4) is 0 Å². The molecule has 0 bridgehead atoms. The molecule has 144 valence electrons. The van der Waals surface area contributed by atoms with Gasteiger partial charge < -0.3 is 19.6 Å². The number of carbonyl (C=O) groups excluding carboxylic acids is 1. The minimum atomic E-state index is -0.253. The van der Waals surface area contributed by atoms with Crippen LogP contribution in [0.25, 0.3) is 0 Å². The van der Waals surface area contributed by atoms with Gasteiger partial charge in [0, 0.05) is 44.1 Å². The van der Waals surface area contributed by atoms with Crippen molar-refractivity contribution in [1.82, 2.24) is 10.1 Å². The van der Waals surface area contributed by atoms with E-state index in [-0.39, 0.29) is 5.91 Å². The molecule has 3 heterocycles. The van der Waals surface area contributed by atoms with Gasteiger partial charge in [-0.1, -0.05) is 17.3 Å². The molecule has 2 aromatic heterocycles. The number of anilines is 3. The van der Waals surface area contributed by atoms with Crippen molar-refractivity contribution in [2.45, 2.75) is 13.8 Å². The number of rotatable bonds is 4. The van der Waals surface area contributed by atoms with Crippen LogP contribution >= 0.6 is 0 Å². The molecule has 1 saturated heterocycles. The van der Waals surface area contributed by atoms with E-state index in [0.717, 1.165) is 32.0 Å². The number of aryl methyl sites for hydroxylation is 2. The van der Waals surface area contributed by atoms with Crippen LogP contribution in [0.15, 0.2) is 53.2 Å². The third-order valence-electron chi connectivity index (χ3n) is 4.85. The Morgan fingerprint density at radius 2 is 1.82 bits per heavy atom. The number of aromatic nitrogens is 2. The standard InChI is InChI=1S/C21H23N5O2/c1-15-4-3-5-18(12-15)25-8-10-26(11-9-25)20-7-6-17(14-22-20)21(27)23-19-13-16(2)28-24-19/h3-7,12-14H,8-11H2,1-2H3,(H,23,24,27). The Balaban J connectivity index is 1.36. The predicted molar refractivity (Wildman–Crippen MR) is 109 cm³/mol. The van der Waals surface area contributed by atoms with Crippen LogP contribution in [-0.2, 0) is 0 Å². The van der Waals surface area contributed by atoms with Crippen molar-refractivity contribution in [3.63, 3.8) is 0 Å². The van der Waals surface area contributed by atoms with Gasteiger partial charge >= 0.3 is 0 Å². The lowest BCUT2D eigenvalue weighted by Crippen LogP contribution is -2.46. The van der Waals surface area contributed by atoms with E-state index in [9.17, 15) is 4.79 Å². The van der Waals surface area contributed by atoms with E-state index in [1.54, 1.807) is 25.3 Å². The number of nitrogens with zero attached hydrogens (tertiary/aromatic N) is 4. The minimum Gasteiger partial charge on any atom is -0.368 e. The fourth-order valence-electron chi connectivity index (χ4n) is 3.34. The van der Waals surface area contributed by atoms with Gasteiger partial charge in [0.1, 0.15) is 11.6 Å². The number of hydrogen-bond acceptors (Lipinski definition) is 6. The largest absolute Gasteiger partial charge is 0.368 e. The first kappa shape index (κ1) is 18.0. The SMILES string of the molecule is Cc1cccc(N2CCN(c3ccc(C(=O)Nc4cc(C)on4)cn3)CC2)c1. The van der Waals surface area contributed by atoms with Crippen molar-refractivity contribution in [2.24, 2.45) is 0 Å². The Morgan fingerprint density at radius 1 is 1.04 bits per heavy atom. The summed E-state index contributed by atoms with van der Waals surface area (Å²) in [5, 5.41) is 6.47. The lowest BCUT2D eigenvalue weighted by Gasteiger charge is -2.36. The Labute approximate surface area is 164 Å². The Morgan fingerprint density at radius 3 is 2.46 bits per heavy atom. The number of amides is 1. The molecular weight excluding hydrogens is 354 g/mol. The number of piperazine rings is 1. The quantitative estimate of drug-likeness (QED) is 0.752. The van der Waals surface area contributed by atoms with Gasteiger partial charge in [0.05, 0.1) is 5.56 Å². The average molecular weight is 377 g/mol. The second kappa shape index (κ2) is 7.72. The van der Waals surface area contributed by atoms with E-state index < -0.39 is 0 Å². The molecular formula is C21H23N5O2. The zero-order chi connectivity index (χ0) is 19.5. The molecule has 1 fully saturated rings. The van der Waals surface area contributed by atoms with Gasteiger partial charge in [-0.3, -0.25) is 4.79 Å². The zero-order valence-electron chi connectivity index (χ0n) is 16.1. The molecule has 28 heavy (non-hydrogen) atoms. The summed E-state index contributed by atoms with van der Waals surface area (Å²) in [5.74, 6) is 1.68. The Kier molecular flexibility index (Phi) is 4.97. The minimum absolute atomic E-state index is 0.253. The molecule has 0 radical (unpaired) electrons. The van der Waals surface area contributed by atoms with E-state index in [1.165, 1.54) is 11.3 Å². The fourth-order valence-corrected chi connectivity index (χ4v) is 3.34. The molecule has 1 aromatic carbocycles. The summed E-state index contributed by atoms with van der Waals surface area (Å²) in [7, 11) is 0. The molecule has 0 atom stereocenters. The Bertz CT molecular complexity index is 959. The van der Waals surface area contributed by atoms with Crippen LogP contribution in [0.1, 0.15) is 21.7 Å². The normalized spacial score (nSPS) is 14.2. The van der Waals surface area contributed by atoms with Crippen LogP contribution in [0, 0.1) is 13.8 Å². The zero-order valence-corrected chi connectivity index (χ0v) is 16.1. The highest BCUT2D eigenvalue weighted by Gasteiger charge is 2.19. The van der Waals surface area contributed by atoms with Gasteiger partial charge in [-0.2, -0.15) is 0 Å². The molecule has 3 aromatic rings. The molecule has 7 heteroatoms. The van der Waals surface area contributed by atoms with Gasteiger partial charge in [-0.15, -0.1) is 0 Å². The monoisotopic (exact) mass is 377 g/mol. The number of benzene rings is 1. The first-order valence-electron chi connectivity index (χ1n) is 9.36. The second-order valence-corrected chi connectivity index (χ2v) is 7.00. The van der Waals surface area contributed by atoms with Crippen molar-refractivity contribution >= 4 is 23.2 Å². The molecule has 0 saturated carbocycles. The number of nitrogens with one attached hydrogen (secondary N) is 1. The number of hydrogen-bond donors (Lipinski definition) is 1. The maximum atomic E-state index is 12.3. The van der Waals surface area contributed by atoms with Gasteiger partial charge in [0.15, 0.2) is 5.82 Å². The third-order valence-corrected chi connectivity index (χ3v) is 4.85. The molecule has 7 nitrogen and oxygen atoms in total. The second-order valence-electron chi connectivity index (χ2n) is 7.00. The van der Waals surface area contributed by atoms with Gasteiger partial charge in [-0.05, 0) is 43.7 Å².